The molecule has 6 aromatic rings. The third-order valence-corrected chi connectivity index (χ3v) is 10.6. The summed E-state index contributed by atoms with van der Waals surface area (Å²) in [5.74, 6) is -0.512. The van der Waals surface area contributed by atoms with Gasteiger partial charge in [0.2, 0.25) is 0 Å². The summed E-state index contributed by atoms with van der Waals surface area (Å²) in [6.07, 6.45) is 3.50. The Labute approximate surface area is 299 Å². The van der Waals surface area contributed by atoms with E-state index in [0.717, 1.165) is 66.4 Å². The van der Waals surface area contributed by atoms with Crippen LogP contribution in [0.1, 0.15) is 68.7 Å². The highest BCUT2D eigenvalue weighted by Gasteiger charge is 2.33. The van der Waals surface area contributed by atoms with Gasteiger partial charge in [0.1, 0.15) is 11.4 Å². The first-order chi connectivity index (χ1) is 24.0. The van der Waals surface area contributed by atoms with Crippen molar-refractivity contribution in [2.75, 3.05) is 18.1 Å². The Bertz CT molecular complexity index is 2290. The van der Waals surface area contributed by atoms with Gasteiger partial charge in [0, 0.05) is 52.3 Å². The van der Waals surface area contributed by atoms with Crippen LogP contribution in [0.2, 0.25) is 10.0 Å². The van der Waals surface area contributed by atoms with Gasteiger partial charge in [0.15, 0.2) is 0 Å². The zero-order valence-electron chi connectivity index (χ0n) is 28.7. The number of aromatic carboxylic acids is 1. The molecule has 0 saturated heterocycles. The summed E-state index contributed by atoms with van der Waals surface area (Å²) in [5, 5.41) is 25.0. The van der Waals surface area contributed by atoms with Crippen molar-refractivity contribution in [3.8, 4) is 16.9 Å². The predicted octanol–water partition coefficient (Wildman–Crippen LogP) is 8.70. The van der Waals surface area contributed by atoms with E-state index in [2.05, 4.69) is 19.9 Å². The zero-order chi connectivity index (χ0) is 35.4. The van der Waals surface area contributed by atoms with Crippen LogP contribution in [0.4, 0.5) is 5.69 Å². The number of hydrogen-bond acceptors (Lipinski definition) is 5. The number of carboxylic acid groups (broad SMARTS) is 1. The molecule has 1 aliphatic heterocycles. The number of amides is 1. The lowest BCUT2D eigenvalue weighted by atomic mass is 9.98. The summed E-state index contributed by atoms with van der Waals surface area (Å²) < 4.78 is 10.1. The van der Waals surface area contributed by atoms with Crippen molar-refractivity contribution in [2.24, 2.45) is 0 Å². The summed E-state index contributed by atoms with van der Waals surface area (Å²) >= 11 is 13.4. The van der Waals surface area contributed by atoms with E-state index in [9.17, 15) is 9.90 Å². The highest BCUT2D eigenvalue weighted by molar-refractivity contribution is 6.35. The summed E-state index contributed by atoms with van der Waals surface area (Å²) in [5.41, 5.74) is 9.08. The summed E-state index contributed by atoms with van der Waals surface area (Å²) in [6.45, 7) is 11.8. The number of hydrogen-bond donors (Lipinski definition) is 2. The number of nitrogens with zero attached hydrogens (tertiary/aromatic N) is 5. The van der Waals surface area contributed by atoms with Crippen molar-refractivity contribution < 1.29 is 19.4 Å². The monoisotopic (exact) mass is 712 g/mol. The summed E-state index contributed by atoms with van der Waals surface area (Å²) in [4.78, 5) is 29.1. The number of aryl methyl sites for hydroxylation is 7. The third-order valence-electron chi connectivity index (χ3n) is 9.67. The average Bonchev–Trinajstić information content (AvgIpc) is 3.72. The molecule has 50 heavy (non-hydrogen) atoms. The van der Waals surface area contributed by atoms with Crippen molar-refractivity contribution in [1.82, 2.24) is 24.5 Å². The second-order valence-corrected chi connectivity index (χ2v) is 13.7. The molecule has 0 atom stereocenters. The molecule has 258 valence electrons. The molecular formula is C38H38Cl2N6O4. The molecule has 4 heterocycles. The molecule has 0 radical (unpaired) electrons. The molecule has 3 aromatic carbocycles. The van der Waals surface area contributed by atoms with E-state index in [1.54, 1.807) is 23.2 Å². The van der Waals surface area contributed by atoms with Crippen molar-refractivity contribution in [2.45, 2.75) is 67.0 Å². The van der Waals surface area contributed by atoms with Crippen LogP contribution in [0.15, 0.2) is 42.6 Å². The molecule has 0 fully saturated rings. The van der Waals surface area contributed by atoms with Crippen LogP contribution in [0.5, 0.6) is 5.75 Å². The lowest BCUT2D eigenvalue weighted by molar-refractivity contribution is 0.0696. The van der Waals surface area contributed by atoms with E-state index in [1.807, 2.05) is 63.6 Å². The zero-order valence-corrected chi connectivity index (χ0v) is 30.2. The van der Waals surface area contributed by atoms with Gasteiger partial charge >= 0.3 is 5.97 Å². The number of nitrogens with one attached hydrogen (secondary N) is 1. The van der Waals surface area contributed by atoms with E-state index >= 15 is 4.79 Å². The van der Waals surface area contributed by atoms with Gasteiger partial charge in [-0.15, -0.1) is 0 Å². The molecule has 0 aliphatic carbocycles. The van der Waals surface area contributed by atoms with Crippen LogP contribution in [-0.2, 0) is 19.5 Å². The SMILES string of the molecule is CCn1ncc2cc(C(=O)O)cc(N3CCCn4c(c(CCCOc5cc(C)c(Cl)c(C)c5)c5ccc(Cl)c(-c6c(C)n[nH]c6C)c54)C3=O)c21. The smallest absolute Gasteiger partial charge is 0.335 e. The molecule has 1 aliphatic rings. The standard InChI is InChI=1S/C38H38Cl2N6O4/c1-6-46-34-25(19-41-46)17-24(38(48)49)18-30(34)44-12-8-13-45-35-28(10-11-29(39)32(35)31-22(4)42-43-23(31)5)27(36(45)37(44)47)9-7-14-50-26-15-20(2)33(40)21(3)16-26/h10-11,15-19H,6-9,12-14H2,1-5H3,(H,42,43)(H,48,49). The van der Waals surface area contributed by atoms with E-state index in [-0.39, 0.29) is 11.5 Å². The van der Waals surface area contributed by atoms with Crippen LogP contribution >= 0.6 is 23.2 Å². The number of benzene rings is 3. The molecule has 7 rings (SSSR count). The number of fused-ring (bicyclic) bond motifs is 4. The molecule has 0 bridgehead atoms. The van der Waals surface area contributed by atoms with Gasteiger partial charge in [-0.2, -0.15) is 10.2 Å². The number of ether oxygens (including phenoxy) is 1. The normalized spacial score (nSPS) is 13.3. The topological polar surface area (TPSA) is 118 Å². The van der Waals surface area contributed by atoms with Crippen LogP contribution in [0, 0.1) is 27.7 Å². The molecule has 3 aromatic heterocycles. The first-order valence-electron chi connectivity index (χ1n) is 16.8. The number of carbonyl (C=O) groups excluding carboxylic acids is 1. The van der Waals surface area contributed by atoms with Crippen molar-refractivity contribution >= 4 is 62.6 Å². The number of aromatic amines is 1. The highest BCUT2D eigenvalue weighted by atomic mass is 35.5. The average molecular weight is 714 g/mol. The molecule has 2 N–H and O–H groups in total. The minimum absolute atomic E-state index is 0.103. The second kappa shape index (κ2) is 13.2. The van der Waals surface area contributed by atoms with Crippen LogP contribution in [0.3, 0.4) is 0 Å². The number of anilines is 1. The Morgan fingerprint density at radius 1 is 1.02 bits per heavy atom. The van der Waals surface area contributed by atoms with Gasteiger partial charge in [-0.25, -0.2) is 4.79 Å². The number of H-pyrrole nitrogens is 1. The quantitative estimate of drug-likeness (QED) is 0.145. The Morgan fingerprint density at radius 3 is 2.46 bits per heavy atom. The van der Waals surface area contributed by atoms with E-state index < -0.39 is 5.97 Å². The maximum atomic E-state index is 15.1. The molecule has 12 heteroatoms. The third kappa shape index (κ3) is 5.60. The summed E-state index contributed by atoms with van der Waals surface area (Å²) in [6, 6.07) is 11.0. The van der Waals surface area contributed by atoms with Crippen LogP contribution < -0.4 is 9.64 Å². The number of carbonyl (C=O) groups is 2. The van der Waals surface area contributed by atoms with Gasteiger partial charge < -0.3 is 19.3 Å². The van der Waals surface area contributed by atoms with Gasteiger partial charge in [-0.1, -0.05) is 29.3 Å². The van der Waals surface area contributed by atoms with Gasteiger partial charge in [-0.3, -0.25) is 14.6 Å². The van der Waals surface area contributed by atoms with Crippen molar-refractivity contribution in [1.29, 1.82) is 0 Å². The fraction of sp³-hybridized carbons (Fsp3) is 0.316. The van der Waals surface area contributed by atoms with Gasteiger partial charge in [-0.05, 0) is 101 Å². The largest absolute Gasteiger partial charge is 0.494 e. The van der Waals surface area contributed by atoms with E-state index in [4.69, 9.17) is 27.9 Å². The maximum absolute atomic E-state index is 15.1. The van der Waals surface area contributed by atoms with E-state index in [0.29, 0.717) is 67.3 Å². The Kier molecular flexibility index (Phi) is 8.86. The first-order valence-corrected chi connectivity index (χ1v) is 17.6. The van der Waals surface area contributed by atoms with Crippen LogP contribution in [0.25, 0.3) is 32.9 Å². The van der Waals surface area contributed by atoms with Crippen LogP contribution in [-0.4, -0.2) is 54.7 Å². The molecule has 0 spiro atoms. The van der Waals surface area contributed by atoms with Gasteiger partial charge in [0.25, 0.3) is 5.91 Å². The maximum Gasteiger partial charge on any atom is 0.335 e. The van der Waals surface area contributed by atoms with Gasteiger partial charge in [0.05, 0.1) is 45.8 Å². The first kappa shape index (κ1) is 33.7. The minimum atomic E-state index is -1.06. The Morgan fingerprint density at radius 2 is 1.78 bits per heavy atom. The number of halogens is 2. The number of rotatable bonds is 9. The summed E-state index contributed by atoms with van der Waals surface area (Å²) in [7, 11) is 0. The lowest BCUT2D eigenvalue weighted by Gasteiger charge is -2.23. The molecule has 1 amide bonds. The lowest BCUT2D eigenvalue weighted by Crippen LogP contribution is -2.32. The van der Waals surface area contributed by atoms with Crippen molar-refractivity contribution in [3.63, 3.8) is 0 Å². The number of aromatic nitrogens is 5. The molecule has 0 saturated carbocycles. The Balaban J connectivity index is 1.38. The second-order valence-electron chi connectivity index (χ2n) is 12.9. The predicted molar refractivity (Wildman–Crippen MR) is 197 cm³/mol. The fourth-order valence-corrected chi connectivity index (χ4v) is 7.78. The molecule has 0 unspecified atom stereocenters. The highest BCUT2D eigenvalue weighted by Crippen LogP contribution is 2.43. The number of carboxylic acids is 1. The Hall–Kier alpha value is -4.80. The van der Waals surface area contributed by atoms with E-state index in [1.165, 1.54) is 0 Å². The molecule has 10 nitrogen and oxygen atoms in total. The fourth-order valence-electron chi connectivity index (χ4n) is 7.42. The molecular weight excluding hydrogens is 675 g/mol. The van der Waals surface area contributed by atoms with Crippen molar-refractivity contribution in [3.05, 3.63) is 92.0 Å². The minimum Gasteiger partial charge on any atom is -0.494 e.